The molecule has 75 heavy (non-hydrogen) atoms. The fourth-order valence-electron chi connectivity index (χ4n) is 9.90. The van der Waals surface area contributed by atoms with Gasteiger partial charge in [0.25, 0.3) is 0 Å². The zero-order valence-corrected chi connectivity index (χ0v) is 47.1. The van der Waals surface area contributed by atoms with Gasteiger partial charge in [0, 0.05) is 59.6 Å². The van der Waals surface area contributed by atoms with Gasteiger partial charge in [0.05, 0.1) is 47.6 Å². The summed E-state index contributed by atoms with van der Waals surface area (Å²) < 4.78 is 14.9. The fourth-order valence-corrected chi connectivity index (χ4v) is 11.4. The molecule has 0 fully saturated rings. The Morgan fingerprint density at radius 3 is 1.83 bits per heavy atom. The van der Waals surface area contributed by atoms with Gasteiger partial charge >= 0.3 is 0 Å². The molecule has 0 aliphatic heterocycles. The summed E-state index contributed by atoms with van der Waals surface area (Å²) in [6.45, 7) is 19.9. The van der Waals surface area contributed by atoms with Gasteiger partial charge in [-0.25, -0.2) is 4.98 Å². The summed E-state index contributed by atoms with van der Waals surface area (Å²) in [7, 11) is -1.51. The van der Waals surface area contributed by atoms with Crippen molar-refractivity contribution in [3.8, 4) is 73.2 Å². The number of aromatic nitrogens is 5. The summed E-state index contributed by atoms with van der Waals surface area (Å²) in [5, 5.41) is 3.24. The fraction of sp³-hybridized carbons (Fsp3) is 0.152. The van der Waals surface area contributed by atoms with Crippen molar-refractivity contribution in [1.29, 1.82) is 0 Å². The monoisotopic (exact) mass is 1170 g/mol. The number of pyridine rings is 3. The number of fused-ring (bicyclic) bond motifs is 4. The van der Waals surface area contributed by atoms with Crippen molar-refractivity contribution in [2.45, 2.75) is 66.6 Å². The number of hydrogen-bond acceptors (Lipinski definition) is 6. The molecule has 0 aliphatic rings. The third kappa shape index (κ3) is 9.99. The number of hydrogen-bond donors (Lipinski definition) is 0. The number of benzene rings is 6. The predicted octanol–water partition coefficient (Wildman–Crippen LogP) is 16.8. The van der Waals surface area contributed by atoms with E-state index >= 15 is 0 Å². The van der Waals surface area contributed by atoms with Crippen LogP contribution in [0.1, 0.15) is 43.5 Å². The number of furan rings is 2. The Kier molecular flexibility index (Phi) is 13.8. The molecule has 6 heterocycles. The molecule has 0 saturated heterocycles. The van der Waals surface area contributed by atoms with Crippen LogP contribution in [0.25, 0.3) is 106 Å². The van der Waals surface area contributed by atoms with E-state index in [1.54, 1.807) is 0 Å². The van der Waals surface area contributed by atoms with E-state index in [9.17, 15) is 0 Å². The molecule has 12 aromatic rings. The Morgan fingerprint density at radius 1 is 0.573 bits per heavy atom. The van der Waals surface area contributed by atoms with Gasteiger partial charge in [0.2, 0.25) is 5.71 Å². The summed E-state index contributed by atoms with van der Waals surface area (Å²) in [4.78, 5) is 20.1. The Bertz CT molecular complexity index is 3940. The number of imidazole rings is 1. The first-order valence-electron chi connectivity index (χ1n) is 25.2. The average Bonchev–Trinajstić information content (AvgIpc) is 4.19. The molecule has 0 amide bonds. The molecular weight excluding hydrogens is 1120 g/mol. The molecule has 0 saturated carbocycles. The summed E-state index contributed by atoms with van der Waals surface area (Å²) >= 11 is 0. The Labute approximate surface area is 453 Å². The maximum Gasteiger partial charge on any atom is 0.216 e. The third-order valence-electron chi connectivity index (χ3n) is 13.6. The van der Waals surface area contributed by atoms with Gasteiger partial charge in [-0.05, 0) is 96.2 Å². The molecule has 6 aromatic carbocycles. The summed E-state index contributed by atoms with van der Waals surface area (Å²) in [5.74, 6) is 2.59. The van der Waals surface area contributed by atoms with Crippen LogP contribution in [0.3, 0.4) is 0 Å². The van der Waals surface area contributed by atoms with Crippen molar-refractivity contribution < 1.29 is 28.9 Å². The topological polar surface area (TPSA) is 82.8 Å². The zero-order chi connectivity index (χ0) is 51.3. The number of nitrogens with zero attached hydrogens (tertiary/aromatic N) is 5. The van der Waals surface area contributed by atoms with E-state index in [2.05, 4.69) is 184 Å². The molecule has 0 unspecified atom stereocenters. The molecule has 0 N–H and O–H groups in total. The summed E-state index contributed by atoms with van der Waals surface area (Å²) in [6, 6.07) is 67.4. The molecule has 12 rings (SSSR count). The normalized spacial score (nSPS) is 11.7. The van der Waals surface area contributed by atoms with Gasteiger partial charge in [0.15, 0.2) is 0 Å². The predicted molar refractivity (Wildman–Crippen MR) is 307 cm³/mol. The molecule has 0 aliphatic carbocycles. The van der Waals surface area contributed by atoms with E-state index in [1.165, 1.54) is 10.8 Å². The van der Waals surface area contributed by atoms with Crippen molar-refractivity contribution >= 4 is 46.4 Å². The van der Waals surface area contributed by atoms with E-state index in [0.717, 1.165) is 112 Å². The van der Waals surface area contributed by atoms with Crippen LogP contribution in [0.5, 0.6) is 0 Å². The zero-order valence-electron chi connectivity index (χ0n) is 43.7. The molecule has 7 nitrogen and oxygen atoms in total. The Hall–Kier alpha value is -7.81. The molecular formula is C66H57IrN5O2Si-2. The van der Waals surface area contributed by atoms with Crippen LogP contribution < -0.4 is 5.19 Å². The first kappa shape index (κ1) is 50.7. The largest absolute Gasteiger partial charge is 0.486 e. The van der Waals surface area contributed by atoms with Gasteiger partial charge in [-0.2, -0.15) is 0 Å². The quantitative estimate of drug-likeness (QED) is 0.111. The van der Waals surface area contributed by atoms with Crippen molar-refractivity contribution in [2.75, 3.05) is 0 Å². The number of aryl methyl sites for hydroxylation is 3. The van der Waals surface area contributed by atoms with Crippen molar-refractivity contribution in [3.63, 3.8) is 0 Å². The van der Waals surface area contributed by atoms with Crippen molar-refractivity contribution in [2.24, 2.45) is 0 Å². The first-order valence-corrected chi connectivity index (χ1v) is 28.7. The SMILES string of the molecule is Cc1cc2nc(-c3[c-]ccc4c3oc3nc(-c5ccccc5)ccc34)n(-c3c(-c4ccccc4)cc(C(C)(C)C)cc3-c3ccccc3)c2c(C)n1.Cc1ccc(-c2cc(-c3[c-]cccc3)ncc2[Si](C)(C)C)o1.[Ir]. The maximum absolute atomic E-state index is 6.72. The minimum atomic E-state index is -1.51. The summed E-state index contributed by atoms with van der Waals surface area (Å²) in [6.07, 6.45) is 2.02. The van der Waals surface area contributed by atoms with E-state index in [4.69, 9.17) is 23.8 Å². The molecule has 9 heteroatoms. The minimum Gasteiger partial charge on any atom is -0.486 e. The molecule has 1 radical (unpaired) electrons. The molecule has 373 valence electrons. The smallest absolute Gasteiger partial charge is 0.216 e. The van der Waals surface area contributed by atoms with Gasteiger partial charge < -0.3 is 18.4 Å². The van der Waals surface area contributed by atoms with Crippen LogP contribution >= 0.6 is 0 Å². The Balaban J connectivity index is 0.000000234. The second kappa shape index (κ2) is 20.5. The van der Waals surface area contributed by atoms with E-state index < -0.39 is 8.07 Å². The van der Waals surface area contributed by atoms with Crippen molar-refractivity contribution in [1.82, 2.24) is 24.5 Å². The Morgan fingerprint density at radius 2 is 1.23 bits per heavy atom. The van der Waals surface area contributed by atoms with E-state index in [-0.39, 0.29) is 25.5 Å². The van der Waals surface area contributed by atoms with Crippen molar-refractivity contribution in [3.05, 3.63) is 217 Å². The van der Waals surface area contributed by atoms with Gasteiger partial charge in [-0.1, -0.05) is 148 Å². The molecule has 0 atom stereocenters. The van der Waals surface area contributed by atoms with E-state index in [0.29, 0.717) is 11.3 Å². The van der Waals surface area contributed by atoms with Gasteiger partial charge in [-0.3, -0.25) is 9.97 Å². The first-order chi connectivity index (χ1) is 35.7. The van der Waals surface area contributed by atoms with Crippen LogP contribution in [-0.4, -0.2) is 32.6 Å². The van der Waals surface area contributed by atoms with Crippen LogP contribution in [0.4, 0.5) is 0 Å². The van der Waals surface area contributed by atoms with Crippen LogP contribution in [-0.2, 0) is 25.5 Å². The van der Waals surface area contributed by atoms with Crippen LogP contribution in [0, 0.1) is 32.9 Å². The molecule has 0 spiro atoms. The minimum absolute atomic E-state index is 0. The number of rotatable bonds is 8. The van der Waals surface area contributed by atoms with Gasteiger partial charge in [-0.15, -0.1) is 54.1 Å². The van der Waals surface area contributed by atoms with Crippen LogP contribution in [0.15, 0.2) is 191 Å². The summed E-state index contributed by atoms with van der Waals surface area (Å²) in [5.41, 5.74) is 17.3. The van der Waals surface area contributed by atoms with Gasteiger partial charge in [0.1, 0.15) is 11.5 Å². The second-order valence-electron chi connectivity index (χ2n) is 21.1. The molecule has 0 bridgehead atoms. The maximum atomic E-state index is 6.72. The standard InChI is InChI=1S/C47H37N4O.C19H20NOSi.Ir/c1-29-26-41-42(30(2)48-29)51(43-38(31-16-9-6-10-17-31)27-34(47(3,4)5)28-39(43)32-18-11-7-12-19-32)45(49-41)37-23-15-22-35-36-24-25-40(33-20-13-8-14-21-33)50-46(36)52-44(35)37;1-14-10-11-18(21-14)16-12-17(15-8-6-5-7-9-15)20-13-19(16)22(2,3)4;/h6-22,24-28H,1-5H3;5-8,10-13H,1-4H3;/q2*-1;. The van der Waals surface area contributed by atoms with E-state index in [1.807, 2.05) is 80.7 Å². The molecule has 6 aromatic heterocycles. The third-order valence-corrected chi connectivity index (χ3v) is 15.6. The second-order valence-corrected chi connectivity index (χ2v) is 26.1. The average molecular weight is 1170 g/mol. The van der Waals surface area contributed by atoms with Crippen LogP contribution in [0.2, 0.25) is 19.6 Å².